The predicted octanol–water partition coefficient (Wildman–Crippen LogP) is 5.45. The van der Waals surface area contributed by atoms with Crippen LogP contribution in [-0.2, 0) is 0 Å². The monoisotopic (exact) mass is 380 g/mol. The number of nitriles is 1. The minimum Gasteiger partial charge on any atom is -0.457 e. The molecular formula is C23H16N4O2. The highest BCUT2D eigenvalue weighted by Gasteiger charge is 2.13. The van der Waals surface area contributed by atoms with E-state index < -0.39 is 0 Å². The van der Waals surface area contributed by atoms with E-state index in [2.05, 4.69) is 15.5 Å². The van der Waals surface area contributed by atoms with Gasteiger partial charge in [0, 0.05) is 5.56 Å². The van der Waals surface area contributed by atoms with Crippen molar-refractivity contribution in [2.75, 3.05) is 5.43 Å². The quantitative estimate of drug-likeness (QED) is 0.355. The molecule has 0 spiro atoms. The molecule has 4 aromatic rings. The van der Waals surface area contributed by atoms with Crippen LogP contribution < -0.4 is 10.2 Å². The largest absolute Gasteiger partial charge is 0.457 e. The zero-order chi connectivity index (χ0) is 19.9. The van der Waals surface area contributed by atoms with Crippen LogP contribution in [0.15, 0.2) is 94.4 Å². The van der Waals surface area contributed by atoms with Crippen molar-refractivity contribution in [2.45, 2.75) is 0 Å². The van der Waals surface area contributed by atoms with Crippen molar-refractivity contribution in [1.82, 2.24) is 4.98 Å². The summed E-state index contributed by atoms with van der Waals surface area (Å²) in [6.45, 7) is 0. The van der Waals surface area contributed by atoms with Crippen LogP contribution in [0.2, 0.25) is 0 Å². The summed E-state index contributed by atoms with van der Waals surface area (Å²) < 4.78 is 11.5. The van der Waals surface area contributed by atoms with Crippen molar-refractivity contribution in [3.63, 3.8) is 0 Å². The maximum absolute atomic E-state index is 9.29. The number of rotatable bonds is 6. The number of hydrogen-bond donors (Lipinski definition) is 1. The molecule has 140 valence electrons. The maximum Gasteiger partial charge on any atom is 0.252 e. The Morgan fingerprint density at radius 3 is 2.41 bits per heavy atom. The molecule has 4 rings (SSSR count). The first-order chi connectivity index (χ1) is 14.3. The van der Waals surface area contributed by atoms with Crippen LogP contribution in [0.3, 0.4) is 0 Å². The van der Waals surface area contributed by atoms with E-state index in [0.29, 0.717) is 11.6 Å². The van der Waals surface area contributed by atoms with Crippen LogP contribution in [0.1, 0.15) is 11.3 Å². The van der Waals surface area contributed by atoms with Gasteiger partial charge in [0.05, 0.1) is 6.21 Å². The second-order valence-corrected chi connectivity index (χ2v) is 6.03. The zero-order valence-electron chi connectivity index (χ0n) is 15.3. The average molecular weight is 380 g/mol. The molecule has 0 aliphatic rings. The van der Waals surface area contributed by atoms with E-state index in [-0.39, 0.29) is 11.6 Å². The summed E-state index contributed by atoms with van der Waals surface area (Å²) in [5.74, 6) is 2.01. The lowest BCUT2D eigenvalue weighted by Crippen LogP contribution is -1.92. The number of hydrogen-bond acceptors (Lipinski definition) is 6. The topological polar surface area (TPSA) is 83.4 Å². The molecule has 0 aliphatic heterocycles. The zero-order valence-corrected chi connectivity index (χ0v) is 15.3. The number of anilines is 1. The molecule has 0 fully saturated rings. The van der Waals surface area contributed by atoms with Gasteiger partial charge >= 0.3 is 0 Å². The van der Waals surface area contributed by atoms with E-state index in [1.165, 1.54) is 0 Å². The summed E-state index contributed by atoms with van der Waals surface area (Å²) in [7, 11) is 0. The Morgan fingerprint density at radius 1 is 0.931 bits per heavy atom. The Balaban J connectivity index is 1.47. The Labute approximate surface area is 167 Å². The molecule has 6 nitrogen and oxygen atoms in total. The summed E-state index contributed by atoms with van der Waals surface area (Å²) in [5.41, 5.74) is 4.50. The highest BCUT2D eigenvalue weighted by molar-refractivity contribution is 5.80. The summed E-state index contributed by atoms with van der Waals surface area (Å²) >= 11 is 0. The van der Waals surface area contributed by atoms with E-state index in [1.54, 1.807) is 6.21 Å². The second kappa shape index (κ2) is 8.55. The molecule has 0 unspecified atom stereocenters. The van der Waals surface area contributed by atoms with Gasteiger partial charge in [-0.05, 0) is 42.0 Å². The summed E-state index contributed by atoms with van der Waals surface area (Å²) in [5, 5.41) is 13.5. The van der Waals surface area contributed by atoms with Crippen molar-refractivity contribution in [2.24, 2.45) is 5.10 Å². The molecule has 0 aliphatic carbocycles. The number of oxazole rings is 1. The van der Waals surface area contributed by atoms with Gasteiger partial charge in [-0.3, -0.25) is 0 Å². The molecule has 0 bridgehead atoms. The van der Waals surface area contributed by atoms with Crippen molar-refractivity contribution in [3.05, 3.63) is 96.2 Å². The molecule has 0 saturated heterocycles. The first-order valence-corrected chi connectivity index (χ1v) is 8.90. The number of aromatic nitrogens is 1. The fourth-order valence-electron chi connectivity index (χ4n) is 2.62. The van der Waals surface area contributed by atoms with E-state index in [4.69, 9.17) is 9.15 Å². The van der Waals surface area contributed by atoms with E-state index in [0.717, 1.165) is 16.9 Å². The molecule has 0 saturated carbocycles. The lowest BCUT2D eigenvalue weighted by molar-refractivity contribution is 0.482. The fourth-order valence-corrected chi connectivity index (χ4v) is 2.62. The average Bonchev–Trinajstić information content (AvgIpc) is 3.19. The number of para-hydroxylation sites is 1. The van der Waals surface area contributed by atoms with Crippen LogP contribution >= 0.6 is 0 Å². The number of nitrogens with one attached hydrogen (secondary N) is 1. The van der Waals surface area contributed by atoms with Gasteiger partial charge in [0.2, 0.25) is 11.6 Å². The van der Waals surface area contributed by atoms with Crippen molar-refractivity contribution >= 4 is 12.1 Å². The van der Waals surface area contributed by atoms with E-state index in [9.17, 15) is 5.26 Å². The lowest BCUT2D eigenvalue weighted by Gasteiger charge is -2.05. The van der Waals surface area contributed by atoms with Gasteiger partial charge in [-0.25, -0.2) is 5.43 Å². The van der Waals surface area contributed by atoms with Crippen LogP contribution in [0.4, 0.5) is 5.88 Å². The summed E-state index contributed by atoms with van der Waals surface area (Å²) in [6, 6.07) is 28.4. The minimum absolute atomic E-state index is 0.141. The third kappa shape index (κ3) is 4.49. The van der Waals surface area contributed by atoms with Crippen LogP contribution in [0.25, 0.3) is 11.5 Å². The smallest absolute Gasteiger partial charge is 0.252 e. The van der Waals surface area contributed by atoms with Crippen molar-refractivity contribution < 1.29 is 9.15 Å². The lowest BCUT2D eigenvalue weighted by atomic mass is 10.2. The van der Waals surface area contributed by atoms with Gasteiger partial charge in [-0.15, -0.1) is 0 Å². The number of ether oxygens (including phenoxy) is 1. The maximum atomic E-state index is 9.29. The first kappa shape index (κ1) is 18.0. The predicted molar refractivity (Wildman–Crippen MR) is 111 cm³/mol. The molecule has 3 aromatic carbocycles. The van der Waals surface area contributed by atoms with Gasteiger partial charge in [0.25, 0.3) is 5.88 Å². The normalized spacial score (nSPS) is 10.6. The van der Waals surface area contributed by atoms with Crippen molar-refractivity contribution in [1.29, 1.82) is 5.26 Å². The van der Waals surface area contributed by atoms with Crippen molar-refractivity contribution in [3.8, 4) is 29.0 Å². The van der Waals surface area contributed by atoms with E-state index in [1.807, 2.05) is 91.0 Å². The summed E-state index contributed by atoms with van der Waals surface area (Å²) in [6.07, 6.45) is 1.61. The molecule has 0 amide bonds. The highest BCUT2D eigenvalue weighted by atomic mass is 16.5. The SMILES string of the molecule is N#Cc1nc(-c2ccccc2)oc1N/N=C/c1cccc(Oc2ccccc2)c1. The highest BCUT2D eigenvalue weighted by Crippen LogP contribution is 2.25. The third-order valence-electron chi connectivity index (χ3n) is 3.97. The first-order valence-electron chi connectivity index (χ1n) is 8.90. The molecular weight excluding hydrogens is 364 g/mol. The van der Waals surface area contributed by atoms with Crippen LogP contribution in [-0.4, -0.2) is 11.2 Å². The van der Waals surface area contributed by atoms with E-state index >= 15 is 0 Å². The standard InChI is InChI=1S/C23H16N4O2/c24-15-21-23(29-22(26-21)18-9-3-1-4-10-18)27-25-16-17-8-7-13-20(14-17)28-19-11-5-2-6-12-19/h1-14,16,27H/b25-16+. The molecule has 29 heavy (non-hydrogen) atoms. The molecule has 6 heteroatoms. The Bertz CT molecular complexity index is 1160. The summed E-state index contributed by atoms with van der Waals surface area (Å²) in [4.78, 5) is 4.20. The molecule has 1 N–H and O–H groups in total. The third-order valence-corrected chi connectivity index (χ3v) is 3.97. The van der Waals surface area contributed by atoms with Gasteiger partial charge in [-0.1, -0.05) is 48.5 Å². The number of hydrazone groups is 1. The molecule has 0 atom stereocenters. The second-order valence-electron chi connectivity index (χ2n) is 6.03. The Hall–Kier alpha value is -4.37. The van der Waals surface area contributed by atoms with Gasteiger partial charge in [-0.2, -0.15) is 15.3 Å². The number of nitrogens with zero attached hydrogens (tertiary/aromatic N) is 3. The minimum atomic E-state index is 0.141. The fraction of sp³-hybridized carbons (Fsp3) is 0. The van der Waals surface area contributed by atoms with Gasteiger partial charge < -0.3 is 9.15 Å². The van der Waals surface area contributed by atoms with Crippen LogP contribution in [0.5, 0.6) is 11.5 Å². The number of benzene rings is 3. The molecule has 1 aromatic heterocycles. The van der Waals surface area contributed by atoms with Gasteiger partial charge in [0.1, 0.15) is 17.6 Å². The Kier molecular flexibility index (Phi) is 5.31. The van der Waals surface area contributed by atoms with Crippen LogP contribution in [0, 0.1) is 11.3 Å². The van der Waals surface area contributed by atoms with Gasteiger partial charge in [0.15, 0.2) is 0 Å². The molecule has 1 heterocycles. The molecule has 0 radical (unpaired) electrons. The Morgan fingerprint density at radius 2 is 1.66 bits per heavy atom.